The molecule has 0 amide bonds. The molecule has 0 unspecified atom stereocenters. The number of allylic oxidation sites excluding steroid dienone is 2. The maximum absolute atomic E-state index is 12.2. The molecule has 0 fully saturated rings. The fourth-order valence-corrected chi connectivity index (χ4v) is 2.32. The second-order valence-corrected chi connectivity index (χ2v) is 5.55. The molecule has 0 aliphatic heterocycles. The van der Waals surface area contributed by atoms with Crippen molar-refractivity contribution in [3.8, 4) is 11.5 Å². The molecule has 2 rings (SSSR count). The van der Waals surface area contributed by atoms with Crippen LogP contribution in [0, 0.1) is 0 Å². The number of methoxy groups -OCH3 is 2. The van der Waals surface area contributed by atoms with Gasteiger partial charge in [0.1, 0.15) is 23.3 Å². The highest BCUT2D eigenvalue weighted by atomic mass is 16.5. The quantitative estimate of drug-likeness (QED) is 0.634. The van der Waals surface area contributed by atoms with E-state index in [-0.39, 0.29) is 11.3 Å². The van der Waals surface area contributed by atoms with Gasteiger partial charge >= 0.3 is 5.97 Å². The van der Waals surface area contributed by atoms with Crippen molar-refractivity contribution in [2.24, 2.45) is 0 Å². The van der Waals surface area contributed by atoms with Crippen molar-refractivity contribution in [3.05, 3.63) is 52.8 Å². The minimum Gasteiger partial charge on any atom is -0.507 e. The Morgan fingerprint density at radius 3 is 2.64 bits per heavy atom. The Morgan fingerprint density at radius 1 is 1.32 bits per heavy atom. The van der Waals surface area contributed by atoms with Crippen LogP contribution in [0.3, 0.4) is 0 Å². The molecule has 1 aromatic heterocycles. The SMILES string of the molecule is COC(=O)c1c(/C=C/c2ncco2)cc(OC)c(CC=C(C)C)c1O. The third-order valence-electron chi connectivity index (χ3n) is 3.58. The Labute approximate surface area is 146 Å². The second-order valence-electron chi connectivity index (χ2n) is 5.55. The maximum atomic E-state index is 12.2. The molecule has 25 heavy (non-hydrogen) atoms. The lowest BCUT2D eigenvalue weighted by molar-refractivity contribution is 0.0597. The van der Waals surface area contributed by atoms with E-state index in [1.807, 2.05) is 19.9 Å². The highest BCUT2D eigenvalue weighted by Gasteiger charge is 2.22. The van der Waals surface area contributed by atoms with Crippen molar-refractivity contribution in [3.63, 3.8) is 0 Å². The normalized spacial score (nSPS) is 10.7. The van der Waals surface area contributed by atoms with Gasteiger partial charge in [0.2, 0.25) is 5.89 Å². The number of nitrogens with zero attached hydrogens (tertiary/aromatic N) is 1. The summed E-state index contributed by atoms with van der Waals surface area (Å²) < 4.78 is 15.4. The average Bonchev–Trinajstić information content (AvgIpc) is 3.11. The van der Waals surface area contributed by atoms with Crippen LogP contribution in [0.2, 0.25) is 0 Å². The van der Waals surface area contributed by atoms with Crippen molar-refractivity contribution >= 4 is 18.1 Å². The number of oxazole rings is 1. The van der Waals surface area contributed by atoms with Gasteiger partial charge in [-0.25, -0.2) is 9.78 Å². The van der Waals surface area contributed by atoms with Gasteiger partial charge in [0.25, 0.3) is 0 Å². The number of benzene rings is 1. The molecule has 1 aromatic carbocycles. The average molecular weight is 343 g/mol. The Kier molecular flexibility index (Phi) is 6.00. The topological polar surface area (TPSA) is 81.8 Å². The third-order valence-corrected chi connectivity index (χ3v) is 3.58. The number of rotatable bonds is 6. The summed E-state index contributed by atoms with van der Waals surface area (Å²) in [6, 6.07) is 1.68. The lowest BCUT2D eigenvalue weighted by atomic mass is 9.97. The molecule has 0 spiro atoms. The number of phenolic OH excluding ortho intramolecular Hbond substituents is 1. The van der Waals surface area contributed by atoms with Crippen molar-refractivity contribution in [1.29, 1.82) is 0 Å². The highest BCUT2D eigenvalue weighted by Crippen LogP contribution is 2.36. The van der Waals surface area contributed by atoms with E-state index in [1.54, 1.807) is 18.2 Å². The molecule has 0 aliphatic rings. The summed E-state index contributed by atoms with van der Waals surface area (Å²) in [5.41, 5.74) is 2.13. The number of carbonyl (C=O) groups excluding carboxylic acids is 1. The predicted octanol–water partition coefficient (Wildman–Crippen LogP) is 3.85. The van der Waals surface area contributed by atoms with Gasteiger partial charge in [-0.15, -0.1) is 0 Å². The summed E-state index contributed by atoms with van der Waals surface area (Å²) >= 11 is 0. The van der Waals surface area contributed by atoms with Crippen LogP contribution in [-0.2, 0) is 11.2 Å². The zero-order valence-electron chi connectivity index (χ0n) is 14.7. The number of carbonyl (C=O) groups is 1. The molecule has 0 radical (unpaired) electrons. The summed E-state index contributed by atoms with van der Waals surface area (Å²) in [7, 11) is 2.78. The van der Waals surface area contributed by atoms with Crippen LogP contribution < -0.4 is 4.74 Å². The summed E-state index contributed by atoms with van der Waals surface area (Å²) in [6.45, 7) is 3.91. The molecule has 6 nitrogen and oxygen atoms in total. The van der Waals surface area contributed by atoms with Crippen LogP contribution in [0.1, 0.15) is 41.2 Å². The molecule has 0 aliphatic carbocycles. The van der Waals surface area contributed by atoms with E-state index < -0.39 is 5.97 Å². The van der Waals surface area contributed by atoms with Gasteiger partial charge in [0, 0.05) is 11.6 Å². The van der Waals surface area contributed by atoms with Crippen molar-refractivity contribution < 1.29 is 23.8 Å². The monoisotopic (exact) mass is 343 g/mol. The van der Waals surface area contributed by atoms with Crippen LogP contribution in [0.4, 0.5) is 0 Å². The minimum atomic E-state index is -0.634. The van der Waals surface area contributed by atoms with Gasteiger partial charge in [0.05, 0.1) is 20.4 Å². The predicted molar refractivity (Wildman–Crippen MR) is 94.6 cm³/mol. The fraction of sp³-hybridized carbons (Fsp3) is 0.263. The van der Waals surface area contributed by atoms with Gasteiger partial charge < -0.3 is 19.0 Å². The number of aromatic nitrogens is 1. The minimum absolute atomic E-state index is 0.0725. The van der Waals surface area contributed by atoms with Gasteiger partial charge in [-0.2, -0.15) is 0 Å². The molecule has 1 heterocycles. The van der Waals surface area contributed by atoms with E-state index in [4.69, 9.17) is 13.9 Å². The van der Waals surface area contributed by atoms with Gasteiger partial charge in [-0.3, -0.25) is 0 Å². The second kappa shape index (κ2) is 8.19. The Bertz CT molecular complexity index is 800. The molecular weight excluding hydrogens is 322 g/mol. The lowest BCUT2D eigenvalue weighted by Gasteiger charge is -2.15. The zero-order chi connectivity index (χ0) is 18.4. The smallest absolute Gasteiger partial charge is 0.342 e. The molecular formula is C19H21NO5. The molecule has 1 N–H and O–H groups in total. The molecule has 0 saturated carbocycles. The first-order chi connectivity index (χ1) is 12.0. The summed E-state index contributed by atoms with van der Waals surface area (Å²) in [6.07, 6.45) is 8.55. The maximum Gasteiger partial charge on any atom is 0.342 e. The van der Waals surface area contributed by atoms with E-state index in [9.17, 15) is 9.90 Å². The summed E-state index contributed by atoms with van der Waals surface area (Å²) in [4.78, 5) is 16.2. The van der Waals surface area contributed by atoms with E-state index in [1.165, 1.54) is 26.7 Å². The standard InChI is InChI=1S/C19H21NO5/c1-12(2)5-7-14-15(23-3)11-13(6-8-16-20-9-10-25-16)17(18(14)21)19(22)24-4/h5-6,8-11,21H,7H2,1-4H3/b8-6+. The van der Waals surface area contributed by atoms with Gasteiger partial charge in [0.15, 0.2) is 0 Å². The Balaban J connectivity index is 2.59. The van der Waals surface area contributed by atoms with Crippen LogP contribution >= 0.6 is 0 Å². The fourth-order valence-electron chi connectivity index (χ4n) is 2.32. The van der Waals surface area contributed by atoms with Crippen LogP contribution in [0.15, 0.2) is 34.6 Å². The van der Waals surface area contributed by atoms with Gasteiger partial charge in [-0.1, -0.05) is 11.6 Å². The molecule has 6 heteroatoms. The summed E-state index contributed by atoms with van der Waals surface area (Å²) in [5, 5.41) is 10.7. The highest BCUT2D eigenvalue weighted by molar-refractivity contribution is 5.98. The lowest BCUT2D eigenvalue weighted by Crippen LogP contribution is -2.07. The number of ether oxygens (including phenoxy) is 2. The Morgan fingerprint density at radius 2 is 2.08 bits per heavy atom. The molecule has 132 valence electrons. The van der Waals surface area contributed by atoms with E-state index >= 15 is 0 Å². The number of phenols is 1. The van der Waals surface area contributed by atoms with E-state index in [0.717, 1.165) is 5.57 Å². The first kappa shape index (κ1) is 18.3. The van der Waals surface area contributed by atoms with Crippen molar-refractivity contribution in [1.82, 2.24) is 4.98 Å². The van der Waals surface area contributed by atoms with E-state index in [2.05, 4.69) is 4.98 Å². The Hall–Kier alpha value is -3.02. The van der Waals surface area contributed by atoms with Crippen LogP contribution in [0.5, 0.6) is 11.5 Å². The number of hydrogen-bond donors (Lipinski definition) is 1. The van der Waals surface area contributed by atoms with Crippen LogP contribution in [0.25, 0.3) is 12.2 Å². The molecule has 0 atom stereocenters. The van der Waals surface area contributed by atoms with Crippen molar-refractivity contribution in [2.75, 3.05) is 14.2 Å². The zero-order valence-corrected chi connectivity index (χ0v) is 14.7. The van der Waals surface area contributed by atoms with Crippen LogP contribution in [-0.4, -0.2) is 30.3 Å². The number of esters is 1. The molecule has 2 aromatic rings. The van der Waals surface area contributed by atoms with Crippen molar-refractivity contribution in [2.45, 2.75) is 20.3 Å². The largest absolute Gasteiger partial charge is 0.507 e. The first-order valence-electron chi connectivity index (χ1n) is 7.70. The third kappa shape index (κ3) is 4.29. The number of hydrogen-bond acceptors (Lipinski definition) is 6. The summed E-state index contributed by atoms with van der Waals surface area (Å²) in [5.74, 6) is 0.0685. The first-order valence-corrected chi connectivity index (χ1v) is 7.70. The molecule has 0 saturated heterocycles. The van der Waals surface area contributed by atoms with E-state index in [0.29, 0.717) is 29.2 Å². The number of aromatic hydroxyl groups is 1. The molecule has 0 bridgehead atoms. The van der Waals surface area contributed by atoms with Gasteiger partial charge in [-0.05, 0) is 38.0 Å².